The fourth-order valence-corrected chi connectivity index (χ4v) is 2.94. The van der Waals surface area contributed by atoms with Crippen LogP contribution in [-0.2, 0) is 10.2 Å². The first-order valence-electron chi connectivity index (χ1n) is 4.94. The molecular weight excluding hydrogens is 277 g/mol. The normalized spacial score (nSPS) is 21.1. The first kappa shape index (κ1) is 9.67. The van der Waals surface area contributed by atoms with E-state index in [-0.39, 0.29) is 11.3 Å². The number of hydrogen-bond donors (Lipinski definition) is 1. The van der Waals surface area contributed by atoms with Crippen molar-refractivity contribution >= 4 is 39.1 Å². The lowest BCUT2D eigenvalue weighted by Crippen LogP contribution is -2.40. The molecular formula is C11H9BrClNO. The standard InChI is InChI=1S/C11H9BrClNO/c12-7-4-6-9(5-8(7)13)14-10(15)11(6)2-1-3-11/h4-5H,1-3H2,(H,14,15). The largest absolute Gasteiger partial charge is 0.325 e. The van der Waals surface area contributed by atoms with Gasteiger partial charge < -0.3 is 5.32 Å². The van der Waals surface area contributed by atoms with E-state index >= 15 is 0 Å². The molecule has 4 heteroatoms. The number of amides is 1. The summed E-state index contributed by atoms with van der Waals surface area (Å²) in [6, 6.07) is 3.81. The summed E-state index contributed by atoms with van der Waals surface area (Å²) in [5, 5.41) is 3.56. The molecule has 1 fully saturated rings. The summed E-state index contributed by atoms with van der Waals surface area (Å²) in [6.07, 6.45) is 3.05. The molecule has 3 rings (SSSR count). The lowest BCUT2D eigenvalue weighted by molar-refractivity contribution is -0.123. The van der Waals surface area contributed by atoms with Crippen LogP contribution in [0.2, 0.25) is 5.02 Å². The van der Waals surface area contributed by atoms with E-state index in [1.54, 1.807) is 0 Å². The number of anilines is 1. The highest BCUT2D eigenvalue weighted by Gasteiger charge is 2.51. The van der Waals surface area contributed by atoms with Crippen LogP contribution in [0.1, 0.15) is 24.8 Å². The Hall–Kier alpha value is -0.540. The Balaban J connectivity index is 2.21. The third-order valence-corrected chi connectivity index (χ3v) is 4.66. The van der Waals surface area contributed by atoms with Gasteiger partial charge in [0.15, 0.2) is 0 Å². The van der Waals surface area contributed by atoms with Gasteiger partial charge in [0.05, 0.1) is 10.4 Å². The zero-order chi connectivity index (χ0) is 10.6. The number of carbonyl (C=O) groups is 1. The highest BCUT2D eigenvalue weighted by Crippen LogP contribution is 2.52. The van der Waals surface area contributed by atoms with Gasteiger partial charge in [-0.2, -0.15) is 0 Å². The zero-order valence-electron chi connectivity index (χ0n) is 7.94. The fraction of sp³-hybridized carbons (Fsp3) is 0.364. The number of hydrogen-bond acceptors (Lipinski definition) is 1. The second kappa shape index (κ2) is 2.98. The van der Waals surface area contributed by atoms with Crippen LogP contribution in [0.3, 0.4) is 0 Å². The minimum atomic E-state index is -0.248. The SMILES string of the molecule is O=C1Nc2cc(Cl)c(Br)cc2C12CCC2. The molecule has 0 bridgehead atoms. The van der Waals surface area contributed by atoms with Crippen LogP contribution < -0.4 is 5.32 Å². The topological polar surface area (TPSA) is 29.1 Å². The molecule has 1 N–H and O–H groups in total. The van der Waals surface area contributed by atoms with Gasteiger partial charge in [0.25, 0.3) is 0 Å². The Bertz CT molecular complexity index is 468. The van der Waals surface area contributed by atoms with Crippen molar-refractivity contribution < 1.29 is 4.79 Å². The molecule has 1 spiro atoms. The summed E-state index contributed by atoms with van der Waals surface area (Å²) >= 11 is 9.40. The van der Waals surface area contributed by atoms with E-state index in [0.29, 0.717) is 5.02 Å². The molecule has 0 atom stereocenters. The molecule has 1 aromatic carbocycles. The number of fused-ring (bicyclic) bond motifs is 2. The Morgan fingerprint density at radius 1 is 1.40 bits per heavy atom. The lowest BCUT2D eigenvalue weighted by Gasteiger charge is -2.36. The third kappa shape index (κ3) is 1.14. The van der Waals surface area contributed by atoms with Crippen LogP contribution in [0.5, 0.6) is 0 Å². The van der Waals surface area contributed by atoms with Gasteiger partial charge in [0, 0.05) is 10.2 Å². The van der Waals surface area contributed by atoms with Gasteiger partial charge in [0.2, 0.25) is 5.91 Å². The summed E-state index contributed by atoms with van der Waals surface area (Å²) < 4.78 is 0.866. The van der Waals surface area contributed by atoms with E-state index in [2.05, 4.69) is 21.2 Å². The van der Waals surface area contributed by atoms with Crippen LogP contribution >= 0.6 is 27.5 Å². The van der Waals surface area contributed by atoms with E-state index in [1.807, 2.05) is 12.1 Å². The summed E-state index contributed by atoms with van der Waals surface area (Å²) in [7, 11) is 0. The molecule has 1 aliphatic carbocycles. The van der Waals surface area contributed by atoms with E-state index < -0.39 is 0 Å². The smallest absolute Gasteiger partial charge is 0.235 e. The third-order valence-electron chi connectivity index (χ3n) is 3.47. The maximum Gasteiger partial charge on any atom is 0.235 e. The van der Waals surface area contributed by atoms with Crippen LogP contribution in [-0.4, -0.2) is 5.91 Å². The molecule has 0 radical (unpaired) electrons. The van der Waals surface area contributed by atoms with Gasteiger partial charge in [-0.3, -0.25) is 4.79 Å². The zero-order valence-corrected chi connectivity index (χ0v) is 10.3. The van der Waals surface area contributed by atoms with E-state index in [0.717, 1.165) is 35.0 Å². The predicted octanol–water partition coefficient (Wildman–Crippen LogP) is 3.48. The van der Waals surface area contributed by atoms with Gasteiger partial charge >= 0.3 is 0 Å². The molecule has 1 aliphatic heterocycles. The van der Waals surface area contributed by atoms with Crippen LogP contribution in [0, 0.1) is 0 Å². The fourth-order valence-electron chi connectivity index (χ4n) is 2.44. The number of nitrogens with one attached hydrogen (secondary N) is 1. The maximum atomic E-state index is 11.9. The Kier molecular flexibility index (Phi) is 1.92. The monoisotopic (exact) mass is 285 g/mol. The molecule has 15 heavy (non-hydrogen) atoms. The minimum Gasteiger partial charge on any atom is -0.325 e. The van der Waals surface area contributed by atoms with E-state index in [1.165, 1.54) is 0 Å². The molecule has 0 unspecified atom stereocenters. The van der Waals surface area contributed by atoms with Gasteiger partial charge in [-0.1, -0.05) is 18.0 Å². The highest BCUT2D eigenvalue weighted by molar-refractivity contribution is 9.10. The van der Waals surface area contributed by atoms with Gasteiger partial charge in [0.1, 0.15) is 0 Å². The molecule has 1 saturated carbocycles. The molecule has 2 aliphatic rings. The molecule has 1 heterocycles. The summed E-state index contributed by atoms with van der Waals surface area (Å²) in [5.41, 5.74) is 1.74. The molecule has 2 nitrogen and oxygen atoms in total. The Morgan fingerprint density at radius 3 is 2.73 bits per heavy atom. The predicted molar refractivity (Wildman–Crippen MR) is 63.3 cm³/mol. The highest BCUT2D eigenvalue weighted by atomic mass is 79.9. The van der Waals surface area contributed by atoms with Crippen LogP contribution in [0.15, 0.2) is 16.6 Å². The van der Waals surface area contributed by atoms with Gasteiger partial charge in [-0.25, -0.2) is 0 Å². The molecule has 0 saturated heterocycles. The number of benzene rings is 1. The summed E-state index contributed by atoms with van der Waals surface area (Å²) in [6.45, 7) is 0. The molecule has 78 valence electrons. The number of halogens is 2. The maximum absolute atomic E-state index is 11.9. The Labute approximate surface area is 101 Å². The average Bonchev–Trinajstić information content (AvgIpc) is 2.37. The van der Waals surface area contributed by atoms with Crippen LogP contribution in [0.4, 0.5) is 5.69 Å². The number of rotatable bonds is 0. The van der Waals surface area contributed by atoms with Crippen molar-refractivity contribution in [2.24, 2.45) is 0 Å². The lowest BCUT2D eigenvalue weighted by atomic mass is 9.65. The Morgan fingerprint density at radius 2 is 2.13 bits per heavy atom. The van der Waals surface area contributed by atoms with Crippen molar-refractivity contribution in [3.05, 3.63) is 27.2 Å². The van der Waals surface area contributed by atoms with Crippen molar-refractivity contribution in [2.75, 3.05) is 5.32 Å². The van der Waals surface area contributed by atoms with Gasteiger partial charge in [-0.05, 0) is 46.5 Å². The second-order valence-electron chi connectivity index (χ2n) is 4.20. The van der Waals surface area contributed by atoms with Gasteiger partial charge in [-0.15, -0.1) is 0 Å². The first-order valence-corrected chi connectivity index (χ1v) is 6.11. The van der Waals surface area contributed by atoms with Crippen molar-refractivity contribution in [3.63, 3.8) is 0 Å². The molecule has 1 aromatic rings. The van der Waals surface area contributed by atoms with Crippen molar-refractivity contribution in [1.82, 2.24) is 0 Å². The van der Waals surface area contributed by atoms with Crippen molar-refractivity contribution in [3.8, 4) is 0 Å². The van der Waals surface area contributed by atoms with Crippen molar-refractivity contribution in [1.29, 1.82) is 0 Å². The van der Waals surface area contributed by atoms with E-state index in [9.17, 15) is 4.79 Å². The van der Waals surface area contributed by atoms with Crippen LogP contribution in [0.25, 0.3) is 0 Å². The second-order valence-corrected chi connectivity index (χ2v) is 5.46. The first-order chi connectivity index (χ1) is 7.13. The molecule has 1 amide bonds. The number of carbonyl (C=O) groups excluding carboxylic acids is 1. The molecule has 0 aromatic heterocycles. The quantitative estimate of drug-likeness (QED) is 0.777. The van der Waals surface area contributed by atoms with Crippen molar-refractivity contribution in [2.45, 2.75) is 24.7 Å². The summed E-state index contributed by atoms with van der Waals surface area (Å²) in [5.74, 6) is 0.137. The summed E-state index contributed by atoms with van der Waals surface area (Å²) in [4.78, 5) is 11.9. The minimum absolute atomic E-state index is 0.137. The average molecular weight is 287 g/mol. The van der Waals surface area contributed by atoms with E-state index in [4.69, 9.17) is 11.6 Å².